The van der Waals surface area contributed by atoms with E-state index in [9.17, 15) is 4.79 Å². The minimum Gasteiger partial charge on any atom is -0.466 e. The molecule has 0 heterocycles. The molecule has 82 valence electrons. The van der Waals surface area contributed by atoms with Gasteiger partial charge in [-0.1, -0.05) is 17.9 Å². The van der Waals surface area contributed by atoms with E-state index >= 15 is 0 Å². The van der Waals surface area contributed by atoms with Crippen molar-refractivity contribution in [2.24, 2.45) is 0 Å². The van der Waals surface area contributed by atoms with E-state index in [0.717, 1.165) is 12.8 Å². The van der Waals surface area contributed by atoms with Crippen molar-refractivity contribution in [2.75, 3.05) is 6.61 Å². The standard InChI is InChI=1S/C13H18O2/c1-2-15-13(14)11-7-6-10-12-8-4-3-5-9-12/h8H,2-5,7,9,11H2,1H3. The van der Waals surface area contributed by atoms with Gasteiger partial charge in [0.1, 0.15) is 0 Å². The summed E-state index contributed by atoms with van der Waals surface area (Å²) in [6.07, 6.45) is 8.02. The van der Waals surface area contributed by atoms with Gasteiger partial charge in [0, 0.05) is 6.42 Å². The predicted molar refractivity (Wildman–Crippen MR) is 60.2 cm³/mol. The van der Waals surface area contributed by atoms with Gasteiger partial charge in [0.05, 0.1) is 13.0 Å². The van der Waals surface area contributed by atoms with Crippen molar-refractivity contribution in [3.05, 3.63) is 11.6 Å². The Labute approximate surface area is 91.7 Å². The van der Waals surface area contributed by atoms with Crippen LogP contribution in [-0.2, 0) is 9.53 Å². The molecule has 2 nitrogen and oxygen atoms in total. The number of rotatable bonds is 3. The van der Waals surface area contributed by atoms with Crippen LogP contribution in [0.15, 0.2) is 11.6 Å². The molecule has 0 saturated carbocycles. The third-order valence-corrected chi connectivity index (χ3v) is 2.30. The van der Waals surface area contributed by atoms with E-state index in [-0.39, 0.29) is 5.97 Å². The summed E-state index contributed by atoms with van der Waals surface area (Å²) >= 11 is 0. The van der Waals surface area contributed by atoms with Crippen molar-refractivity contribution in [3.63, 3.8) is 0 Å². The molecule has 0 bridgehead atoms. The average molecular weight is 206 g/mol. The fraction of sp³-hybridized carbons (Fsp3) is 0.615. The van der Waals surface area contributed by atoms with E-state index in [1.165, 1.54) is 18.4 Å². The molecule has 1 aliphatic carbocycles. The Morgan fingerprint density at radius 3 is 3.07 bits per heavy atom. The third-order valence-electron chi connectivity index (χ3n) is 2.30. The molecule has 0 N–H and O–H groups in total. The fourth-order valence-corrected chi connectivity index (χ4v) is 1.53. The van der Waals surface area contributed by atoms with E-state index < -0.39 is 0 Å². The molecule has 0 atom stereocenters. The highest BCUT2D eigenvalue weighted by Gasteiger charge is 2.00. The van der Waals surface area contributed by atoms with Gasteiger partial charge in [-0.15, -0.1) is 0 Å². The number of hydrogen-bond donors (Lipinski definition) is 0. The minimum absolute atomic E-state index is 0.149. The molecular weight excluding hydrogens is 188 g/mol. The highest BCUT2D eigenvalue weighted by Crippen LogP contribution is 2.16. The Hall–Kier alpha value is -1.23. The molecule has 0 fully saturated rings. The normalized spacial score (nSPS) is 14.9. The van der Waals surface area contributed by atoms with E-state index in [2.05, 4.69) is 17.9 Å². The predicted octanol–water partition coefficient (Wildman–Crippen LogP) is 2.83. The van der Waals surface area contributed by atoms with Crippen molar-refractivity contribution in [3.8, 4) is 11.8 Å². The Bertz CT molecular complexity index is 291. The monoisotopic (exact) mass is 206 g/mol. The van der Waals surface area contributed by atoms with E-state index in [1.54, 1.807) is 0 Å². The summed E-state index contributed by atoms with van der Waals surface area (Å²) in [6, 6.07) is 0. The van der Waals surface area contributed by atoms with Crippen LogP contribution in [-0.4, -0.2) is 12.6 Å². The second-order valence-electron chi connectivity index (χ2n) is 3.58. The van der Waals surface area contributed by atoms with Crippen molar-refractivity contribution in [1.29, 1.82) is 0 Å². The van der Waals surface area contributed by atoms with Crippen molar-refractivity contribution in [2.45, 2.75) is 45.4 Å². The SMILES string of the molecule is CCOC(=O)CCC#CC1=CCCCC1. The van der Waals surface area contributed by atoms with E-state index in [1.807, 2.05) is 6.92 Å². The van der Waals surface area contributed by atoms with Gasteiger partial charge in [0.15, 0.2) is 0 Å². The lowest BCUT2D eigenvalue weighted by atomic mass is 10.00. The first-order valence-corrected chi connectivity index (χ1v) is 5.66. The zero-order chi connectivity index (χ0) is 10.9. The van der Waals surface area contributed by atoms with E-state index in [4.69, 9.17) is 4.74 Å². The van der Waals surface area contributed by atoms with Gasteiger partial charge in [0.25, 0.3) is 0 Å². The minimum atomic E-state index is -0.149. The van der Waals surface area contributed by atoms with Gasteiger partial charge in [-0.2, -0.15) is 0 Å². The lowest BCUT2D eigenvalue weighted by Crippen LogP contribution is -2.02. The Morgan fingerprint density at radius 1 is 1.53 bits per heavy atom. The molecule has 0 amide bonds. The molecule has 1 aliphatic rings. The number of allylic oxidation sites excluding steroid dienone is 2. The molecule has 0 aromatic rings. The zero-order valence-corrected chi connectivity index (χ0v) is 9.34. The summed E-state index contributed by atoms with van der Waals surface area (Å²) in [5.74, 6) is 6.00. The molecule has 0 radical (unpaired) electrons. The van der Waals surface area contributed by atoms with Gasteiger partial charge in [-0.3, -0.25) is 4.79 Å². The summed E-state index contributed by atoms with van der Waals surface area (Å²) in [4.78, 5) is 11.0. The first kappa shape index (κ1) is 11.8. The molecule has 0 aromatic carbocycles. The lowest BCUT2D eigenvalue weighted by molar-refractivity contribution is -0.142. The van der Waals surface area contributed by atoms with E-state index in [0.29, 0.717) is 19.4 Å². The van der Waals surface area contributed by atoms with Gasteiger partial charge >= 0.3 is 5.97 Å². The molecular formula is C13H18O2. The van der Waals surface area contributed by atoms with Crippen LogP contribution in [0.3, 0.4) is 0 Å². The van der Waals surface area contributed by atoms with Crippen LogP contribution in [0.2, 0.25) is 0 Å². The smallest absolute Gasteiger partial charge is 0.306 e. The third kappa shape index (κ3) is 5.27. The topological polar surface area (TPSA) is 26.3 Å². The molecule has 15 heavy (non-hydrogen) atoms. The second kappa shape index (κ2) is 7.11. The summed E-state index contributed by atoms with van der Waals surface area (Å²) in [5.41, 5.74) is 1.24. The number of carbonyl (C=O) groups is 1. The zero-order valence-electron chi connectivity index (χ0n) is 9.34. The van der Waals surface area contributed by atoms with Crippen molar-refractivity contribution >= 4 is 5.97 Å². The highest BCUT2D eigenvalue weighted by atomic mass is 16.5. The van der Waals surface area contributed by atoms with Crippen LogP contribution in [0.25, 0.3) is 0 Å². The number of esters is 1. The molecule has 0 aromatic heterocycles. The van der Waals surface area contributed by atoms with Crippen LogP contribution in [0.4, 0.5) is 0 Å². The Morgan fingerprint density at radius 2 is 2.40 bits per heavy atom. The van der Waals surface area contributed by atoms with Crippen LogP contribution < -0.4 is 0 Å². The summed E-state index contributed by atoms with van der Waals surface area (Å²) < 4.78 is 4.81. The highest BCUT2D eigenvalue weighted by molar-refractivity contribution is 5.69. The van der Waals surface area contributed by atoms with Gasteiger partial charge in [0.2, 0.25) is 0 Å². The van der Waals surface area contributed by atoms with Gasteiger partial charge in [-0.25, -0.2) is 0 Å². The van der Waals surface area contributed by atoms with Crippen molar-refractivity contribution < 1.29 is 9.53 Å². The van der Waals surface area contributed by atoms with Crippen LogP contribution in [0.1, 0.15) is 45.4 Å². The lowest BCUT2D eigenvalue weighted by Gasteiger charge is -2.05. The van der Waals surface area contributed by atoms with Crippen LogP contribution in [0.5, 0.6) is 0 Å². The molecule has 0 saturated heterocycles. The maximum Gasteiger partial charge on any atom is 0.306 e. The largest absolute Gasteiger partial charge is 0.466 e. The summed E-state index contributed by atoms with van der Waals surface area (Å²) in [5, 5.41) is 0. The van der Waals surface area contributed by atoms with Crippen LogP contribution in [0, 0.1) is 11.8 Å². The molecule has 2 heteroatoms. The molecule has 0 aliphatic heterocycles. The maximum absolute atomic E-state index is 11.0. The maximum atomic E-state index is 11.0. The second-order valence-corrected chi connectivity index (χ2v) is 3.58. The van der Waals surface area contributed by atoms with Gasteiger partial charge in [-0.05, 0) is 38.2 Å². The van der Waals surface area contributed by atoms with Crippen LogP contribution >= 0.6 is 0 Å². The average Bonchev–Trinajstić information content (AvgIpc) is 2.26. The Balaban J connectivity index is 2.21. The molecule has 1 rings (SSSR count). The number of carbonyl (C=O) groups excluding carboxylic acids is 1. The fourth-order valence-electron chi connectivity index (χ4n) is 1.53. The summed E-state index contributed by atoms with van der Waals surface area (Å²) in [7, 11) is 0. The molecule has 0 spiro atoms. The van der Waals surface area contributed by atoms with Crippen molar-refractivity contribution in [1.82, 2.24) is 0 Å². The number of hydrogen-bond acceptors (Lipinski definition) is 2. The molecule has 0 unspecified atom stereocenters. The quantitative estimate of drug-likeness (QED) is 0.524. The summed E-state index contributed by atoms with van der Waals surface area (Å²) in [6.45, 7) is 2.27. The van der Waals surface area contributed by atoms with Gasteiger partial charge < -0.3 is 4.74 Å². The first-order chi connectivity index (χ1) is 7.33. The number of ether oxygens (including phenoxy) is 1. The Kier molecular flexibility index (Phi) is 5.62. The first-order valence-electron chi connectivity index (χ1n) is 5.66.